The lowest BCUT2D eigenvalue weighted by Crippen LogP contribution is -2.26. The lowest BCUT2D eigenvalue weighted by Gasteiger charge is -2.22. The van der Waals surface area contributed by atoms with Gasteiger partial charge in [0.15, 0.2) is 0 Å². The minimum absolute atomic E-state index is 0.377. The second kappa shape index (κ2) is 5.61. The Hall–Kier alpha value is -1.50. The largest absolute Gasteiger partial charge is 0.463 e. The van der Waals surface area contributed by atoms with Crippen LogP contribution in [0.3, 0.4) is 0 Å². The van der Waals surface area contributed by atoms with Crippen LogP contribution in [0.15, 0.2) is 46.1 Å². The summed E-state index contributed by atoms with van der Waals surface area (Å²) in [5, 5.41) is 5.10. The van der Waals surface area contributed by atoms with Crippen LogP contribution in [0, 0.1) is 0 Å². The van der Waals surface area contributed by atoms with Crippen LogP contribution in [-0.2, 0) is 10.0 Å². The fourth-order valence-electron chi connectivity index (χ4n) is 2.39. The van der Waals surface area contributed by atoms with E-state index < -0.39 is 16.1 Å². The second-order valence-electron chi connectivity index (χ2n) is 4.95. The first kappa shape index (κ1) is 15.4. The summed E-state index contributed by atoms with van der Waals surface area (Å²) in [7, 11) is -3.54. The summed E-state index contributed by atoms with van der Waals surface area (Å²) in [6.07, 6.45) is 3.01. The fraction of sp³-hybridized carbons (Fsp3) is 0.214. The Morgan fingerprint density at radius 2 is 2.09 bits per heavy atom. The molecule has 1 atom stereocenters. The Morgan fingerprint density at radius 1 is 1.32 bits per heavy atom. The molecule has 116 valence electrons. The van der Waals surface area contributed by atoms with Crippen molar-refractivity contribution in [3.63, 3.8) is 0 Å². The van der Waals surface area contributed by atoms with Crippen molar-refractivity contribution in [1.82, 2.24) is 4.41 Å². The van der Waals surface area contributed by atoms with Crippen molar-refractivity contribution >= 4 is 38.9 Å². The smallest absolute Gasteiger partial charge is 0.247 e. The average Bonchev–Trinajstić information content (AvgIpc) is 3.06. The predicted octanol–water partition coefficient (Wildman–Crippen LogP) is 3.70. The van der Waals surface area contributed by atoms with Gasteiger partial charge >= 0.3 is 0 Å². The lowest BCUT2D eigenvalue weighted by atomic mass is 10.0. The fourth-order valence-corrected chi connectivity index (χ4v) is 3.82. The first-order valence-corrected chi connectivity index (χ1v) is 9.02. The van der Waals surface area contributed by atoms with Gasteiger partial charge in [0, 0.05) is 16.5 Å². The van der Waals surface area contributed by atoms with Gasteiger partial charge in [0.2, 0.25) is 10.0 Å². The molecule has 3 rings (SSSR count). The average molecular weight is 359 g/mol. The van der Waals surface area contributed by atoms with Crippen LogP contribution in [0.1, 0.15) is 23.8 Å². The number of hydrogen-bond donors (Lipinski definition) is 0. The molecule has 0 aliphatic carbocycles. The van der Waals surface area contributed by atoms with Crippen LogP contribution in [0.2, 0.25) is 10.0 Å². The summed E-state index contributed by atoms with van der Waals surface area (Å²) >= 11 is 12.1. The number of nitrogens with zero attached hydrogens (tertiary/aromatic N) is 2. The van der Waals surface area contributed by atoms with Crippen molar-refractivity contribution in [2.75, 3.05) is 6.26 Å². The van der Waals surface area contributed by atoms with Crippen molar-refractivity contribution in [2.45, 2.75) is 12.5 Å². The van der Waals surface area contributed by atoms with E-state index in [0.717, 1.165) is 10.7 Å². The van der Waals surface area contributed by atoms with Crippen molar-refractivity contribution in [1.29, 1.82) is 0 Å². The zero-order chi connectivity index (χ0) is 15.9. The molecule has 8 heteroatoms. The number of hydrazone groups is 1. The Labute approximate surface area is 138 Å². The second-order valence-corrected chi connectivity index (χ2v) is 7.63. The Bertz CT molecular complexity index is 832. The molecule has 0 saturated carbocycles. The van der Waals surface area contributed by atoms with E-state index in [1.807, 2.05) is 0 Å². The molecular weight excluding hydrogens is 347 g/mol. The normalized spacial score (nSPS) is 18.6. The summed E-state index contributed by atoms with van der Waals surface area (Å²) in [6, 6.07) is 7.93. The number of sulfonamides is 1. The van der Waals surface area contributed by atoms with E-state index in [1.54, 1.807) is 30.3 Å². The Morgan fingerprint density at radius 3 is 2.68 bits per heavy atom. The molecule has 1 aromatic carbocycles. The van der Waals surface area contributed by atoms with E-state index in [9.17, 15) is 8.42 Å². The molecule has 0 bridgehead atoms. The molecule has 0 fully saturated rings. The topological polar surface area (TPSA) is 62.9 Å². The van der Waals surface area contributed by atoms with Gasteiger partial charge in [-0.05, 0) is 29.8 Å². The Balaban J connectivity index is 2.04. The lowest BCUT2D eigenvalue weighted by molar-refractivity contribution is 0.375. The maximum atomic E-state index is 12.0. The van der Waals surface area contributed by atoms with Crippen molar-refractivity contribution in [3.05, 3.63) is 58.0 Å². The van der Waals surface area contributed by atoms with Crippen LogP contribution in [0.25, 0.3) is 0 Å². The summed E-state index contributed by atoms with van der Waals surface area (Å²) in [5.41, 5.74) is 1.22. The van der Waals surface area contributed by atoms with E-state index >= 15 is 0 Å². The molecule has 2 aromatic rings. The van der Waals surface area contributed by atoms with Gasteiger partial charge in [0.1, 0.15) is 11.5 Å². The van der Waals surface area contributed by atoms with Crippen LogP contribution < -0.4 is 0 Å². The first-order valence-electron chi connectivity index (χ1n) is 6.42. The van der Waals surface area contributed by atoms with E-state index in [4.69, 9.17) is 27.6 Å². The van der Waals surface area contributed by atoms with Gasteiger partial charge in [0.25, 0.3) is 0 Å². The molecule has 1 aliphatic heterocycles. The first-order chi connectivity index (χ1) is 10.4. The molecule has 0 radical (unpaired) electrons. The van der Waals surface area contributed by atoms with Gasteiger partial charge in [-0.15, -0.1) is 0 Å². The van der Waals surface area contributed by atoms with Gasteiger partial charge in [-0.2, -0.15) is 9.52 Å². The van der Waals surface area contributed by atoms with Crippen LogP contribution >= 0.6 is 23.2 Å². The summed E-state index contributed by atoms with van der Waals surface area (Å²) in [4.78, 5) is 0. The van der Waals surface area contributed by atoms with Gasteiger partial charge in [-0.1, -0.05) is 29.3 Å². The summed E-state index contributed by atoms with van der Waals surface area (Å²) in [5.74, 6) is 0.543. The van der Waals surface area contributed by atoms with Crippen molar-refractivity contribution in [2.24, 2.45) is 5.10 Å². The van der Waals surface area contributed by atoms with Crippen molar-refractivity contribution < 1.29 is 12.8 Å². The highest BCUT2D eigenvalue weighted by molar-refractivity contribution is 7.88. The maximum Gasteiger partial charge on any atom is 0.247 e. The molecule has 1 aromatic heterocycles. The number of furan rings is 1. The molecule has 22 heavy (non-hydrogen) atoms. The molecular formula is C14H12Cl2N2O3S. The highest BCUT2D eigenvalue weighted by Crippen LogP contribution is 2.38. The monoisotopic (exact) mass is 358 g/mol. The molecule has 0 amide bonds. The summed E-state index contributed by atoms with van der Waals surface area (Å²) < 4.78 is 30.4. The number of hydrogen-bond acceptors (Lipinski definition) is 4. The highest BCUT2D eigenvalue weighted by Gasteiger charge is 2.36. The van der Waals surface area contributed by atoms with Gasteiger partial charge in [-0.3, -0.25) is 0 Å². The molecule has 5 nitrogen and oxygen atoms in total. The molecule has 0 spiro atoms. The quantitative estimate of drug-likeness (QED) is 0.840. The zero-order valence-electron chi connectivity index (χ0n) is 11.5. The van der Waals surface area contributed by atoms with Gasteiger partial charge in [0.05, 0.1) is 18.6 Å². The third kappa shape index (κ3) is 2.86. The summed E-state index contributed by atoms with van der Waals surface area (Å²) in [6.45, 7) is 0. The van der Waals surface area contributed by atoms with E-state index in [2.05, 4.69) is 5.10 Å². The minimum atomic E-state index is -3.54. The van der Waals surface area contributed by atoms with Crippen LogP contribution in [0.4, 0.5) is 0 Å². The number of rotatable bonds is 3. The SMILES string of the molecule is CS(=O)(=O)N1N=C(c2ccco2)C[C@H]1c1ccc(Cl)cc1Cl. The van der Waals surface area contributed by atoms with E-state index in [-0.39, 0.29) is 0 Å². The van der Waals surface area contributed by atoms with Crippen LogP contribution in [-0.4, -0.2) is 24.8 Å². The predicted molar refractivity (Wildman–Crippen MR) is 85.7 cm³/mol. The molecule has 1 aliphatic rings. The number of halogens is 2. The number of benzene rings is 1. The highest BCUT2D eigenvalue weighted by atomic mass is 35.5. The third-order valence-electron chi connectivity index (χ3n) is 3.34. The standard InChI is InChI=1S/C14H12Cl2N2O3S/c1-22(19,20)18-13(10-5-4-9(15)7-11(10)16)8-12(17-18)14-3-2-6-21-14/h2-7,13H,8H2,1H3/t13-/m0/s1. The molecule has 0 saturated heterocycles. The van der Waals surface area contributed by atoms with Gasteiger partial charge < -0.3 is 4.42 Å². The van der Waals surface area contributed by atoms with E-state index in [1.165, 1.54) is 6.26 Å². The zero-order valence-corrected chi connectivity index (χ0v) is 13.9. The third-order valence-corrected chi connectivity index (χ3v) is 4.92. The Kier molecular flexibility index (Phi) is 3.92. The van der Waals surface area contributed by atoms with Gasteiger partial charge in [-0.25, -0.2) is 8.42 Å². The molecule has 0 unspecified atom stereocenters. The van der Waals surface area contributed by atoms with Crippen LogP contribution in [0.5, 0.6) is 0 Å². The maximum absolute atomic E-state index is 12.0. The molecule has 2 heterocycles. The van der Waals surface area contributed by atoms with E-state index in [0.29, 0.717) is 33.5 Å². The van der Waals surface area contributed by atoms with Crippen molar-refractivity contribution in [3.8, 4) is 0 Å². The minimum Gasteiger partial charge on any atom is -0.463 e. The molecule has 0 N–H and O–H groups in total.